The molecule has 2 aromatic carbocycles. The van der Waals surface area contributed by atoms with E-state index < -0.39 is 4.92 Å². The predicted octanol–water partition coefficient (Wildman–Crippen LogP) is 3.72. The molecule has 2 N–H and O–H groups in total. The average Bonchev–Trinajstić information content (AvgIpc) is 2.39. The van der Waals surface area contributed by atoms with Crippen molar-refractivity contribution in [3.8, 4) is 11.5 Å². The van der Waals surface area contributed by atoms with E-state index in [0.717, 1.165) is 5.56 Å². The lowest BCUT2D eigenvalue weighted by atomic mass is 10.1. The van der Waals surface area contributed by atoms with Crippen LogP contribution in [0.15, 0.2) is 42.5 Å². The third-order valence-electron chi connectivity index (χ3n) is 3.01. The third-order valence-corrected chi connectivity index (χ3v) is 3.01. The van der Waals surface area contributed by atoms with Gasteiger partial charge in [-0.15, -0.1) is 0 Å². The smallest absolute Gasteiger partial charge is 0.272 e. The molecule has 0 aromatic heterocycles. The Labute approximate surface area is 117 Å². The molecule has 2 aromatic rings. The van der Waals surface area contributed by atoms with E-state index in [1.165, 1.54) is 6.07 Å². The molecular weight excluding hydrogens is 256 g/mol. The van der Waals surface area contributed by atoms with Crippen molar-refractivity contribution in [3.05, 3.63) is 63.7 Å². The molecule has 0 bridgehead atoms. The molecule has 0 fully saturated rings. The quantitative estimate of drug-likeness (QED) is 0.679. The summed E-state index contributed by atoms with van der Waals surface area (Å²) < 4.78 is 5.67. The molecule has 0 aliphatic heterocycles. The number of hydrogen-bond acceptors (Lipinski definition) is 4. The standard InChI is InChI=1S/C15H16N2O3/c1-10-9-14(7-8-15(10)17(18)19)20-13-5-3-12(4-6-13)11(2)16/h3-9,11H,16H2,1-2H3/t11-/m1/s1. The molecule has 0 aliphatic carbocycles. The number of benzene rings is 2. The van der Waals surface area contributed by atoms with Crippen LogP contribution in [-0.4, -0.2) is 4.92 Å². The second-order valence-corrected chi connectivity index (χ2v) is 4.67. The summed E-state index contributed by atoms with van der Waals surface area (Å²) in [5.41, 5.74) is 7.46. The van der Waals surface area contributed by atoms with Crippen molar-refractivity contribution in [2.24, 2.45) is 5.73 Å². The molecule has 0 aliphatic rings. The predicted molar refractivity (Wildman–Crippen MR) is 77.0 cm³/mol. The number of ether oxygens (including phenoxy) is 1. The van der Waals surface area contributed by atoms with Crippen molar-refractivity contribution in [2.75, 3.05) is 0 Å². The van der Waals surface area contributed by atoms with E-state index in [9.17, 15) is 10.1 Å². The molecule has 1 atom stereocenters. The van der Waals surface area contributed by atoms with Crippen molar-refractivity contribution in [2.45, 2.75) is 19.9 Å². The fourth-order valence-corrected chi connectivity index (χ4v) is 1.87. The molecule has 0 amide bonds. The van der Waals surface area contributed by atoms with Crippen molar-refractivity contribution < 1.29 is 9.66 Å². The Balaban J connectivity index is 2.17. The van der Waals surface area contributed by atoms with Gasteiger partial charge in [0.15, 0.2) is 0 Å². The van der Waals surface area contributed by atoms with Gasteiger partial charge >= 0.3 is 0 Å². The van der Waals surface area contributed by atoms with E-state index in [1.807, 2.05) is 31.2 Å². The van der Waals surface area contributed by atoms with Crippen LogP contribution in [0.3, 0.4) is 0 Å². The largest absolute Gasteiger partial charge is 0.457 e. The van der Waals surface area contributed by atoms with Gasteiger partial charge in [-0.2, -0.15) is 0 Å². The zero-order valence-electron chi connectivity index (χ0n) is 11.4. The fraction of sp³-hybridized carbons (Fsp3) is 0.200. The second kappa shape index (κ2) is 5.71. The zero-order valence-corrected chi connectivity index (χ0v) is 11.4. The number of rotatable bonds is 4. The van der Waals surface area contributed by atoms with Gasteiger partial charge in [0.25, 0.3) is 5.69 Å². The highest BCUT2D eigenvalue weighted by Crippen LogP contribution is 2.27. The van der Waals surface area contributed by atoms with E-state index in [0.29, 0.717) is 17.1 Å². The molecule has 0 heterocycles. The SMILES string of the molecule is Cc1cc(Oc2ccc([C@@H](C)N)cc2)ccc1[N+](=O)[O-]. The van der Waals surface area contributed by atoms with Crippen LogP contribution in [0.2, 0.25) is 0 Å². The van der Waals surface area contributed by atoms with Gasteiger partial charge in [0.1, 0.15) is 11.5 Å². The van der Waals surface area contributed by atoms with Gasteiger partial charge in [0, 0.05) is 17.7 Å². The molecule has 5 heteroatoms. The summed E-state index contributed by atoms with van der Waals surface area (Å²) in [5, 5.41) is 10.7. The number of nitrogens with two attached hydrogens (primary N) is 1. The van der Waals surface area contributed by atoms with Crippen molar-refractivity contribution >= 4 is 5.69 Å². The average molecular weight is 272 g/mol. The molecule has 0 spiro atoms. The Kier molecular flexibility index (Phi) is 4.00. The van der Waals surface area contributed by atoms with Crippen LogP contribution in [0.5, 0.6) is 11.5 Å². The van der Waals surface area contributed by atoms with Crippen molar-refractivity contribution in [1.82, 2.24) is 0 Å². The van der Waals surface area contributed by atoms with Gasteiger partial charge in [-0.25, -0.2) is 0 Å². The first-order valence-electron chi connectivity index (χ1n) is 6.26. The first kappa shape index (κ1) is 14.0. The summed E-state index contributed by atoms with van der Waals surface area (Å²) >= 11 is 0. The van der Waals surface area contributed by atoms with Crippen molar-refractivity contribution in [1.29, 1.82) is 0 Å². The Morgan fingerprint density at radius 3 is 2.25 bits per heavy atom. The van der Waals surface area contributed by atoms with E-state index in [2.05, 4.69) is 0 Å². The minimum Gasteiger partial charge on any atom is -0.457 e. The molecule has 0 saturated heterocycles. The summed E-state index contributed by atoms with van der Waals surface area (Å²) in [4.78, 5) is 10.3. The molecule has 20 heavy (non-hydrogen) atoms. The minimum atomic E-state index is -0.406. The van der Waals surface area contributed by atoms with Crippen LogP contribution >= 0.6 is 0 Å². The topological polar surface area (TPSA) is 78.4 Å². The highest BCUT2D eigenvalue weighted by Gasteiger charge is 2.11. The highest BCUT2D eigenvalue weighted by molar-refractivity contribution is 5.45. The Morgan fingerprint density at radius 2 is 1.75 bits per heavy atom. The number of aryl methyl sites for hydroxylation is 1. The van der Waals surface area contributed by atoms with Gasteiger partial charge in [-0.1, -0.05) is 12.1 Å². The summed E-state index contributed by atoms with van der Waals surface area (Å²) in [7, 11) is 0. The maximum atomic E-state index is 10.7. The molecule has 5 nitrogen and oxygen atoms in total. The molecule has 104 valence electrons. The van der Waals surface area contributed by atoms with Gasteiger partial charge < -0.3 is 10.5 Å². The Hall–Kier alpha value is -2.40. The lowest BCUT2D eigenvalue weighted by Crippen LogP contribution is -2.04. The molecule has 0 radical (unpaired) electrons. The number of nitro groups is 1. The Bertz CT molecular complexity index is 622. The van der Waals surface area contributed by atoms with Crippen LogP contribution in [0, 0.1) is 17.0 Å². The van der Waals surface area contributed by atoms with Gasteiger partial charge in [-0.3, -0.25) is 10.1 Å². The van der Waals surface area contributed by atoms with Gasteiger partial charge in [0.2, 0.25) is 0 Å². The molecule has 2 rings (SSSR count). The first-order chi connectivity index (χ1) is 9.47. The minimum absolute atomic E-state index is 0.0225. The van der Waals surface area contributed by atoms with E-state index in [-0.39, 0.29) is 11.7 Å². The molecular formula is C15H16N2O3. The van der Waals surface area contributed by atoms with Gasteiger partial charge in [-0.05, 0) is 43.7 Å². The molecule has 0 saturated carbocycles. The van der Waals surface area contributed by atoms with Crippen LogP contribution in [0.25, 0.3) is 0 Å². The van der Waals surface area contributed by atoms with E-state index >= 15 is 0 Å². The maximum absolute atomic E-state index is 10.7. The van der Waals surface area contributed by atoms with Crippen molar-refractivity contribution in [3.63, 3.8) is 0 Å². The summed E-state index contributed by atoms with van der Waals surface area (Å²) in [6.45, 7) is 3.60. The summed E-state index contributed by atoms with van der Waals surface area (Å²) in [5.74, 6) is 1.24. The van der Waals surface area contributed by atoms with E-state index in [1.54, 1.807) is 19.1 Å². The monoisotopic (exact) mass is 272 g/mol. The Morgan fingerprint density at radius 1 is 1.15 bits per heavy atom. The zero-order chi connectivity index (χ0) is 14.7. The summed E-state index contributed by atoms with van der Waals surface area (Å²) in [6.07, 6.45) is 0. The highest BCUT2D eigenvalue weighted by atomic mass is 16.6. The van der Waals surface area contributed by atoms with Gasteiger partial charge in [0.05, 0.1) is 4.92 Å². The number of nitrogens with zero attached hydrogens (tertiary/aromatic N) is 1. The number of nitro benzene ring substituents is 1. The molecule has 0 unspecified atom stereocenters. The van der Waals surface area contributed by atoms with Crippen LogP contribution < -0.4 is 10.5 Å². The van der Waals surface area contributed by atoms with E-state index in [4.69, 9.17) is 10.5 Å². The lowest BCUT2D eigenvalue weighted by molar-refractivity contribution is -0.385. The van der Waals surface area contributed by atoms with Crippen LogP contribution in [0.4, 0.5) is 5.69 Å². The maximum Gasteiger partial charge on any atom is 0.272 e. The third kappa shape index (κ3) is 3.13. The first-order valence-corrected chi connectivity index (χ1v) is 6.26. The lowest BCUT2D eigenvalue weighted by Gasteiger charge is -2.09. The fourth-order valence-electron chi connectivity index (χ4n) is 1.87. The summed E-state index contributed by atoms with van der Waals surface area (Å²) in [6, 6.07) is 12.1. The van der Waals surface area contributed by atoms with Crippen LogP contribution in [-0.2, 0) is 0 Å². The van der Waals surface area contributed by atoms with Crippen LogP contribution in [0.1, 0.15) is 24.1 Å². The number of hydrogen-bond donors (Lipinski definition) is 1. The second-order valence-electron chi connectivity index (χ2n) is 4.67. The normalized spacial score (nSPS) is 11.9.